The summed E-state index contributed by atoms with van der Waals surface area (Å²) in [6.45, 7) is 5.86. The molecule has 0 unspecified atom stereocenters. The number of carbonyl (C=O) groups is 1. The Balaban J connectivity index is 2.69. The van der Waals surface area contributed by atoms with Gasteiger partial charge in [-0.05, 0) is 38.0 Å². The lowest BCUT2D eigenvalue weighted by atomic mass is 10.0. The first-order valence-electron chi connectivity index (χ1n) is 5.59. The van der Waals surface area contributed by atoms with E-state index in [1.54, 1.807) is 6.07 Å². The van der Waals surface area contributed by atoms with Crippen molar-refractivity contribution in [2.75, 3.05) is 0 Å². The van der Waals surface area contributed by atoms with Crippen LogP contribution in [0.4, 0.5) is 4.39 Å². The third kappa shape index (κ3) is 4.35. The van der Waals surface area contributed by atoms with Crippen LogP contribution in [0.2, 0.25) is 5.02 Å². The zero-order valence-electron chi connectivity index (χ0n) is 10.3. The number of benzene rings is 1. The standard InChI is InChI=1S/C13H17ClFNO/c1-4-13(2,3)16-12(17)7-9-5-6-10(14)8-11(9)15/h5-6,8H,4,7H2,1-3H3,(H,16,17). The van der Waals surface area contributed by atoms with Crippen LogP contribution in [-0.4, -0.2) is 11.4 Å². The van der Waals surface area contributed by atoms with Crippen molar-refractivity contribution < 1.29 is 9.18 Å². The van der Waals surface area contributed by atoms with Gasteiger partial charge in [0, 0.05) is 10.6 Å². The number of carbonyl (C=O) groups excluding carboxylic acids is 1. The molecule has 0 spiro atoms. The molecule has 0 fully saturated rings. The van der Waals surface area contributed by atoms with E-state index in [0.717, 1.165) is 6.42 Å². The number of rotatable bonds is 4. The van der Waals surface area contributed by atoms with Gasteiger partial charge in [-0.1, -0.05) is 24.6 Å². The summed E-state index contributed by atoms with van der Waals surface area (Å²) in [6, 6.07) is 4.34. The van der Waals surface area contributed by atoms with Gasteiger partial charge < -0.3 is 5.32 Å². The monoisotopic (exact) mass is 257 g/mol. The van der Waals surface area contributed by atoms with Gasteiger partial charge in [0.2, 0.25) is 5.91 Å². The predicted octanol–water partition coefficient (Wildman–Crippen LogP) is 3.33. The number of hydrogen-bond acceptors (Lipinski definition) is 1. The lowest BCUT2D eigenvalue weighted by Gasteiger charge is -2.24. The zero-order valence-corrected chi connectivity index (χ0v) is 11.1. The van der Waals surface area contributed by atoms with Crippen molar-refractivity contribution in [3.8, 4) is 0 Å². The summed E-state index contributed by atoms with van der Waals surface area (Å²) in [5.41, 5.74) is 0.0961. The third-order valence-electron chi connectivity index (χ3n) is 2.73. The molecule has 0 heterocycles. The molecule has 0 saturated carbocycles. The van der Waals surface area contributed by atoms with Gasteiger partial charge in [-0.2, -0.15) is 0 Å². The molecule has 2 nitrogen and oxygen atoms in total. The predicted molar refractivity (Wildman–Crippen MR) is 67.6 cm³/mol. The molecular formula is C13H17ClFNO. The van der Waals surface area contributed by atoms with Crippen LogP contribution in [0.1, 0.15) is 32.8 Å². The molecule has 0 bridgehead atoms. The Labute approximate surface area is 106 Å². The summed E-state index contributed by atoms with van der Waals surface area (Å²) < 4.78 is 13.5. The minimum Gasteiger partial charge on any atom is -0.351 e. The van der Waals surface area contributed by atoms with Crippen LogP contribution < -0.4 is 5.32 Å². The maximum absolute atomic E-state index is 13.5. The smallest absolute Gasteiger partial charge is 0.224 e. The fourth-order valence-corrected chi connectivity index (χ4v) is 1.51. The van der Waals surface area contributed by atoms with Crippen LogP contribution in [0.3, 0.4) is 0 Å². The van der Waals surface area contributed by atoms with E-state index in [-0.39, 0.29) is 17.9 Å². The van der Waals surface area contributed by atoms with Gasteiger partial charge in [0.1, 0.15) is 5.82 Å². The van der Waals surface area contributed by atoms with Gasteiger partial charge in [0.15, 0.2) is 0 Å². The van der Waals surface area contributed by atoms with Gasteiger partial charge in [-0.15, -0.1) is 0 Å². The van der Waals surface area contributed by atoms with E-state index < -0.39 is 5.82 Å². The average Bonchev–Trinajstić information content (AvgIpc) is 2.21. The van der Waals surface area contributed by atoms with Crippen molar-refractivity contribution in [1.29, 1.82) is 0 Å². The van der Waals surface area contributed by atoms with E-state index in [1.165, 1.54) is 12.1 Å². The first-order valence-corrected chi connectivity index (χ1v) is 5.97. The molecule has 0 atom stereocenters. The van der Waals surface area contributed by atoms with Gasteiger partial charge in [-0.25, -0.2) is 4.39 Å². The van der Waals surface area contributed by atoms with E-state index in [1.807, 2.05) is 20.8 Å². The second kappa shape index (κ2) is 5.50. The molecule has 0 aliphatic carbocycles. The Kier molecular flexibility index (Phi) is 4.52. The first kappa shape index (κ1) is 14.0. The fourth-order valence-electron chi connectivity index (χ4n) is 1.35. The molecule has 17 heavy (non-hydrogen) atoms. The Hall–Kier alpha value is -1.09. The minimum absolute atomic E-state index is 0.0342. The Morgan fingerprint density at radius 3 is 2.65 bits per heavy atom. The van der Waals surface area contributed by atoms with Crippen LogP contribution in [0.5, 0.6) is 0 Å². The van der Waals surface area contributed by atoms with Crippen LogP contribution in [-0.2, 0) is 11.2 Å². The third-order valence-corrected chi connectivity index (χ3v) is 2.96. The molecule has 4 heteroatoms. The molecule has 0 radical (unpaired) electrons. The molecule has 0 saturated heterocycles. The van der Waals surface area contributed by atoms with Gasteiger partial charge >= 0.3 is 0 Å². The summed E-state index contributed by atoms with van der Waals surface area (Å²) in [5.74, 6) is -0.625. The molecular weight excluding hydrogens is 241 g/mol. The maximum atomic E-state index is 13.5. The summed E-state index contributed by atoms with van der Waals surface area (Å²) in [5, 5.41) is 3.19. The SMILES string of the molecule is CCC(C)(C)NC(=O)Cc1ccc(Cl)cc1F. The number of hydrogen-bond donors (Lipinski definition) is 1. The lowest BCUT2D eigenvalue weighted by Crippen LogP contribution is -2.43. The van der Waals surface area contributed by atoms with E-state index in [4.69, 9.17) is 11.6 Å². The Morgan fingerprint density at radius 1 is 1.47 bits per heavy atom. The van der Waals surface area contributed by atoms with Crippen molar-refractivity contribution >= 4 is 17.5 Å². The largest absolute Gasteiger partial charge is 0.351 e. The molecule has 0 aromatic heterocycles. The van der Waals surface area contributed by atoms with Gasteiger partial charge in [0.25, 0.3) is 0 Å². The highest BCUT2D eigenvalue weighted by Gasteiger charge is 2.18. The minimum atomic E-state index is -0.443. The molecule has 1 N–H and O–H groups in total. The number of nitrogens with one attached hydrogen (secondary N) is 1. The highest BCUT2D eigenvalue weighted by atomic mass is 35.5. The van der Waals surface area contributed by atoms with Crippen molar-refractivity contribution in [3.63, 3.8) is 0 Å². The van der Waals surface area contributed by atoms with Gasteiger partial charge in [0.05, 0.1) is 6.42 Å². The van der Waals surface area contributed by atoms with Gasteiger partial charge in [-0.3, -0.25) is 4.79 Å². The molecule has 1 aromatic carbocycles. The molecule has 0 aliphatic rings. The molecule has 0 aliphatic heterocycles. The summed E-state index contributed by atoms with van der Waals surface area (Å²) >= 11 is 5.64. The zero-order chi connectivity index (χ0) is 13.1. The second-order valence-corrected chi connectivity index (χ2v) is 5.13. The Morgan fingerprint density at radius 2 is 2.12 bits per heavy atom. The van der Waals surface area contributed by atoms with Crippen molar-refractivity contribution in [3.05, 3.63) is 34.6 Å². The normalized spacial score (nSPS) is 11.4. The van der Waals surface area contributed by atoms with E-state index in [2.05, 4.69) is 5.32 Å². The lowest BCUT2D eigenvalue weighted by molar-refractivity contribution is -0.122. The Bertz CT molecular complexity index is 418. The second-order valence-electron chi connectivity index (χ2n) is 4.70. The number of halogens is 2. The fraction of sp³-hybridized carbons (Fsp3) is 0.462. The molecule has 94 valence electrons. The number of amides is 1. The molecule has 1 aromatic rings. The van der Waals surface area contributed by atoms with Crippen molar-refractivity contribution in [2.45, 2.75) is 39.2 Å². The summed E-state index contributed by atoms with van der Waals surface area (Å²) in [6.07, 6.45) is 0.855. The van der Waals surface area contributed by atoms with Crippen molar-refractivity contribution in [1.82, 2.24) is 5.32 Å². The van der Waals surface area contributed by atoms with Crippen LogP contribution >= 0.6 is 11.6 Å². The summed E-state index contributed by atoms with van der Waals surface area (Å²) in [7, 11) is 0. The molecule has 1 rings (SSSR count). The summed E-state index contributed by atoms with van der Waals surface area (Å²) in [4.78, 5) is 11.7. The first-order chi connectivity index (χ1) is 7.84. The van der Waals surface area contributed by atoms with Crippen LogP contribution in [0, 0.1) is 5.82 Å². The van der Waals surface area contributed by atoms with Crippen LogP contribution in [0.15, 0.2) is 18.2 Å². The molecule has 1 amide bonds. The average molecular weight is 258 g/mol. The van der Waals surface area contributed by atoms with Crippen molar-refractivity contribution in [2.24, 2.45) is 0 Å². The quantitative estimate of drug-likeness (QED) is 0.881. The van der Waals surface area contributed by atoms with E-state index >= 15 is 0 Å². The maximum Gasteiger partial charge on any atom is 0.224 e. The van der Waals surface area contributed by atoms with E-state index in [0.29, 0.717) is 10.6 Å². The topological polar surface area (TPSA) is 29.1 Å². The van der Waals surface area contributed by atoms with E-state index in [9.17, 15) is 9.18 Å². The van der Waals surface area contributed by atoms with Crippen LogP contribution in [0.25, 0.3) is 0 Å². The highest BCUT2D eigenvalue weighted by Crippen LogP contribution is 2.15. The highest BCUT2D eigenvalue weighted by molar-refractivity contribution is 6.30.